The standard InChI is InChI=1S/C31H39N3O9/c1-31(2,3)43-30(40)23-15-10-16-34(23)28(38)25(36)26(41-18-20-11-6-4-7-12-20)27(37)33-22(17-24(32)35)29(39)42-19-21-13-8-5-9-14-21/h4-9,11-14,22-23,25-26,36H,10,15-19H2,1-3H3,(H2,32,35)(H,33,37)/t22-,23+,25+,26+/m1/s1. The van der Waals surface area contributed by atoms with E-state index in [1.54, 1.807) is 81.4 Å². The molecule has 12 nitrogen and oxygen atoms in total. The molecule has 0 bridgehead atoms. The van der Waals surface area contributed by atoms with Crippen molar-refractivity contribution in [3.05, 3.63) is 71.8 Å². The van der Waals surface area contributed by atoms with Gasteiger partial charge in [-0.25, -0.2) is 9.59 Å². The second-order valence-corrected chi connectivity index (χ2v) is 11.2. The Kier molecular flexibility index (Phi) is 11.8. The van der Waals surface area contributed by atoms with E-state index in [4.69, 9.17) is 19.9 Å². The Morgan fingerprint density at radius 3 is 2.12 bits per heavy atom. The van der Waals surface area contributed by atoms with E-state index in [2.05, 4.69) is 5.32 Å². The molecule has 2 aromatic rings. The van der Waals surface area contributed by atoms with E-state index in [0.717, 1.165) is 0 Å². The maximum atomic E-state index is 13.5. The highest BCUT2D eigenvalue weighted by atomic mass is 16.6. The molecule has 1 saturated heterocycles. The number of hydrogen-bond acceptors (Lipinski definition) is 9. The summed E-state index contributed by atoms with van der Waals surface area (Å²) in [6.07, 6.45) is -3.66. The van der Waals surface area contributed by atoms with E-state index in [1.165, 1.54) is 4.90 Å². The third-order valence-corrected chi connectivity index (χ3v) is 6.52. The van der Waals surface area contributed by atoms with Crippen molar-refractivity contribution in [1.29, 1.82) is 0 Å². The summed E-state index contributed by atoms with van der Waals surface area (Å²) < 4.78 is 16.5. The van der Waals surface area contributed by atoms with Crippen LogP contribution in [0.2, 0.25) is 0 Å². The predicted octanol–water partition coefficient (Wildman–Crippen LogP) is 1.37. The first-order valence-electron chi connectivity index (χ1n) is 14.0. The lowest BCUT2D eigenvalue weighted by atomic mass is 10.1. The average molecular weight is 598 g/mol. The number of hydrogen-bond donors (Lipinski definition) is 3. The molecule has 4 N–H and O–H groups in total. The molecular weight excluding hydrogens is 558 g/mol. The first-order valence-corrected chi connectivity index (χ1v) is 14.0. The molecule has 3 amide bonds. The molecule has 43 heavy (non-hydrogen) atoms. The summed E-state index contributed by atoms with van der Waals surface area (Å²) in [5.41, 5.74) is 5.85. The number of nitrogens with zero attached hydrogens (tertiary/aromatic N) is 1. The first-order chi connectivity index (χ1) is 20.4. The predicted molar refractivity (Wildman–Crippen MR) is 154 cm³/mol. The number of aliphatic hydroxyl groups excluding tert-OH is 1. The van der Waals surface area contributed by atoms with Crippen molar-refractivity contribution < 1.29 is 43.3 Å². The number of nitrogens with one attached hydrogen (secondary N) is 1. The number of carbonyl (C=O) groups is 5. The number of aliphatic hydroxyl groups is 1. The number of rotatable bonds is 13. The molecule has 1 aliphatic heterocycles. The number of likely N-dealkylation sites (tertiary alicyclic amines) is 1. The molecule has 0 saturated carbocycles. The van der Waals surface area contributed by atoms with Gasteiger partial charge in [-0.2, -0.15) is 0 Å². The molecule has 0 aliphatic carbocycles. The zero-order chi connectivity index (χ0) is 31.6. The number of amides is 3. The summed E-state index contributed by atoms with van der Waals surface area (Å²) in [6, 6.07) is 15.0. The van der Waals surface area contributed by atoms with Gasteiger partial charge in [-0.15, -0.1) is 0 Å². The van der Waals surface area contributed by atoms with Gasteiger partial charge in [-0.05, 0) is 44.7 Å². The van der Waals surface area contributed by atoms with Crippen LogP contribution < -0.4 is 11.1 Å². The van der Waals surface area contributed by atoms with Gasteiger partial charge in [0.25, 0.3) is 11.8 Å². The topological polar surface area (TPSA) is 175 Å². The van der Waals surface area contributed by atoms with Crippen LogP contribution >= 0.6 is 0 Å². The summed E-state index contributed by atoms with van der Waals surface area (Å²) in [4.78, 5) is 65.5. The van der Waals surface area contributed by atoms with Gasteiger partial charge in [-0.1, -0.05) is 60.7 Å². The summed E-state index contributed by atoms with van der Waals surface area (Å²) >= 11 is 0. The van der Waals surface area contributed by atoms with E-state index < -0.39 is 66.0 Å². The summed E-state index contributed by atoms with van der Waals surface area (Å²) in [5, 5.41) is 13.5. The van der Waals surface area contributed by atoms with E-state index in [1.807, 2.05) is 0 Å². The maximum Gasteiger partial charge on any atom is 0.329 e. The van der Waals surface area contributed by atoms with Crippen LogP contribution in [0.4, 0.5) is 0 Å². The number of benzene rings is 2. The third-order valence-electron chi connectivity index (χ3n) is 6.52. The summed E-state index contributed by atoms with van der Waals surface area (Å²) in [7, 11) is 0. The van der Waals surface area contributed by atoms with E-state index in [-0.39, 0.29) is 19.8 Å². The van der Waals surface area contributed by atoms with Crippen LogP contribution in [0.15, 0.2) is 60.7 Å². The highest BCUT2D eigenvalue weighted by Gasteiger charge is 2.43. The van der Waals surface area contributed by atoms with Gasteiger partial charge in [0, 0.05) is 6.54 Å². The zero-order valence-corrected chi connectivity index (χ0v) is 24.6. The van der Waals surface area contributed by atoms with E-state index in [9.17, 15) is 29.1 Å². The van der Waals surface area contributed by atoms with Crippen molar-refractivity contribution in [1.82, 2.24) is 10.2 Å². The SMILES string of the molecule is CC(C)(C)OC(=O)[C@@H]1CCCN1C(=O)[C@@H](O)[C@H](OCc1ccccc1)C(=O)N[C@H](CC(N)=O)C(=O)OCc1ccccc1. The fraction of sp³-hybridized carbons (Fsp3) is 0.452. The molecule has 0 aromatic heterocycles. The van der Waals surface area contributed by atoms with Crippen molar-refractivity contribution in [3.63, 3.8) is 0 Å². The minimum absolute atomic E-state index is 0.124. The molecule has 1 heterocycles. The van der Waals surface area contributed by atoms with Gasteiger partial charge in [0.15, 0.2) is 12.2 Å². The number of esters is 2. The Balaban J connectivity index is 1.79. The van der Waals surface area contributed by atoms with Crippen molar-refractivity contribution >= 4 is 29.7 Å². The smallest absolute Gasteiger partial charge is 0.329 e. The molecule has 4 atom stereocenters. The van der Waals surface area contributed by atoms with Crippen LogP contribution in [0.3, 0.4) is 0 Å². The number of primary amides is 1. The Labute approximate surface area is 250 Å². The minimum atomic E-state index is -2.05. The Hall–Kier alpha value is -4.29. The minimum Gasteiger partial charge on any atom is -0.459 e. The lowest BCUT2D eigenvalue weighted by Crippen LogP contribution is -2.56. The van der Waals surface area contributed by atoms with Crippen LogP contribution in [0, 0.1) is 0 Å². The van der Waals surface area contributed by atoms with Crippen molar-refractivity contribution in [3.8, 4) is 0 Å². The highest BCUT2D eigenvalue weighted by molar-refractivity contribution is 5.95. The zero-order valence-electron chi connectivity index (χ0n) is 24.6. The Morgan fingerprint density at radius 1 is 0.977 bits per heavy atom. The van der Waals surface area contributed by atoms with Crippen molar-refractivity contribution in [2.24, 2.45) is 5.73 Å². The molecule has 0 unspecified atom stereocenters. The lowest BCUT2D eigenvalue weighted by Gasteiger charge is -2.31. The van der Waals surface area contributed by atoms with Crippen LogP contribution in [0.5, 0.6) is 0 Å². The maximum absolute atomic E-state index is 13.5. The van der Waals surface area contributed by atoms with Crippen LogP contribution in [-0.4, -0.2) is 76.1 Å². The Bertz CT molecular complexity index is 1260. The molecule has 0 spiro atoms. The normalized spacial score (nSPS) is 16.9. The molecule has 232 valence electrons. The molecule has 3 rings (SSSR count). The fourth-order valence-corrected chi connectivity index (χ4v) is 4.49. The molecular formula is C31H39N3O9. The van der Waals surface area contributed by atoms with Gasteiger partial charge in [0.2, 0.25) is 5.91 Å². The molecule has 2 aromatic carbocycles. The van der Waals surface area contributed by atoms with E-state index in [0.29, 0.717) is 24.0 Å². The third kappa shape index (κ3) is 10.2. The number of nitrogens with two attached hydrogens (primary N) is 1. The van der Waals surface area contributed by atoms with E-state index >= 15 is 0 Å². The number of carbonyl (C=O) groups excluding carboxylic acids is 5. The quantitative estimate of drug-likeness (QED) is 0.288. The van der Waals surface area contributed by atoms with Crippen LogP contribution in [-0.2, 0) is 51.4 Å². The van der Waals surface area contributed by atoms with Gasteiger partial charge in [-0.3, -0.25) is 14.4 Å². The largest absolute Gasteiger partial charge is 0.459 e. The first kappa shape index (κ1) is 33.2. The van der Waals surface area contributed by atoms with Crippen molar-refractivity contribution in [2.45, 2.75) is 83.1 Å². The van der Waals surface area contributed by atoms with Gasteiger partial charge in [0.05, 0.1) is 13.0 Å². The molecule has 1 fully saturated rings. The second-order valence-electron chi connectivity index (χ2n) is 11.2. The lowest BCUT2D eigenvalue weighted by molar-refractivity contribution is -0.169. The van der Waals surface area contributed by atoms with Crippen LogP contribution in [0.1, 0.15) is 51.2 Å². The Morgan fingerprint density at radius 2 is 1.56 bits per heavy atom. The molecule has 0 radical (unpaired) electrons. The van der Waals surface area contributed by atoms with Crippen LogP contribution in [0.25, 0.3) is 0 Å². The monoisotopic (exact) mass is 597 g/mol. The molecule has 12 heteroatoms. The van der Waals surface area contributed by atoms with Crippen molar-refractivity contribution in [2.75, 3.05) is 6.54 Å². The fourth-order valence-electron chi connectivity index (χ4n) is 4.49. The highest BCUT2D eigenvalue weighted by Crippen LogP contribution is 2.23. The van der Waals surface area contributed by atoms with Gasteiger partial charge in [0.1, 0.15) is 24.3 Å². The summed E-state index contributed by atoms with van der Waals surface area (Å²) in [5.74, 6) is -4.42. The average Bonchev–Trinajstić information content (AvgIpc) is 3.45. The number of ether oxygens (including phenoxy) is 3. The van der Waals surface area contributed by atoms with Gasteiger partial charge < -0.3 is 35.3 Å². The second kappa shape index (κ2) is 15.3. The van der Waals surface area contributed by atoms with Gasteiger partial charge >= 0.3 is 11.9 Å². The summed E-state index contributed by atoms with van der Waals surface area (Å²) in [6.45, 7) is 4.96. The molecule has 1 aliphatic rings.